The van der Waals surface area contributed by atoms with E-state index in [1.54, 1.807) is 18.5 Å². The number of nitrogens with one attached hydrogen (secondary N) is 2. The molecule has 184 valence electrons. The summed E-state index contributed by atoms with van der Waals surface area (Å²) in [5, 5.41) is 7.82. The molecule has 0 bridgehead atoms. The number of rotatable bonds is 9. The largest absolute Gasteiger partial charge is 0.352 e. The number of anilines is 2. The first-order valence-corrected chi connectivity index (χ1v) is 12.7. The molecule has 5 nitrogen and oxygen atoms in total. The van der Waals surface area contributed by atoms with Gasteiger partial charge in [0.05, 0.1) is 16.1 Å². The second kappa shape index (κ2) is 11.7. The fraction of sp³-hybridized carbons (Fsp3) is 0.129. The number of benzene rings is 4. The third-order valence-corrected chi connectivity index (χ3v) is 6.56. The predicted octanol–water partition coefficient (Wildman–Crippen LogP) is 7.45. The highest BCUT2D eigenvalue weighted by Gasteiger charge is 2.09. The maximum absolute atomic E-state index is 12.3. The van der Waals surface area contributed by atoms with Gasteiger partial charge in [-0.1, -0.05) is 72.3 Å². The standard InChI is InChI=1S/C31H27ClN4O/c32-28-15-5-4-14-26(28)31(37)33-18-7-6-9-22-10-8-11-23(19-22)24-16-17-29-27(20-24)30(35-21-34-29)36-25-12-2-1-3-13-25/h1-5,8,10-17,19-21H,6-7,9,18H2,(H,33,37)(H,34,35,36). The van der Waals surface area contributed by atoms with E-state index < -0.39 is 0 Å². The normalized spacial score (nSPS) is 10.8. The van der Waals surface area contributed by atoms with Crippen molar-refractivity contribution < 1.29 is 4.79 Å². The summed E-state index contributed by atoms with van der Waals surface area (Å²) >= 11 is 6.11. The van der Waals surface area contributed by atoms with Gasteiger partial charge in [-0.05, 0) is 72.4 Å². The molecule has 0 unspecified atom stereocenters. The zero-order chi connectivity index (χ0) is 25.5. The lowest BCUT2D eigenvalue weighted by Gasteiger charge is -2.11. The third-order valence-electron chi connectivity index (χ3n) is 6.23. The van der Waals surface area contributed by atoms with Crippen LogP contribution in [0.3, 0.4) is 0 Å². The van der Waals surface area contributed by atoms with Crippen molar-refractivity contribution in [1.29, 1.82) is 0 Å². The lowest BCUT2D eigenvalue weighted by molar-refractivity contribution is 0.0953. The van der Waals surface area contributed by atoms with Gasteiger partial charge >= 0.3 is 0 Å². The molecular weight excluding hydrogens is 480 g/mol. The molecule has 0 spiro atoms. The third kappa shape index (κ3) is 6.13. The minimum Gasteiger partial charge on any atom is -0.352 e. The summed E-state index contributed by atoms with van der Waals surface area (Å²) in [6.45, 7) is 0.617. The summed E-state index contributed by atoms with van der Waals surface area (Å²) in [6.07, 6.45) is 4.39. The molecule has 0 fully saturated rings. The average Bonchev–Trinajstić information content (AvgIpc) is 2.94. The molecule has 0 saturated heterocycles. The number of unbranched alkanes of at least 4 members (excludes halogenated alkanes) is 1. The maximum Gasteiger partial charge on any atom is 0.252 e. The summed E-state index contributed by atoms with van der Waals surface area (Å²) < 4.78 is 0. The van der Waals surface area contributed by atoms with Crippen LogP contribution in [0.4, 0.5) is 11.5 Å². The number of amides is 1. The van der Waals surface area contributed by atoms with Crippen molar-refractivity contribution >= 4 is 39.9 Å². The van der Waals surface area contributed by atoms with E-state index in [4.69, 9.17) is 11.6 Å². The minimum atomic E-state index is -0.131. The van der Waals surface area contributed by atoms with E-state index in [2.05, 4.69) is 57.0 Å². The zero-order valence-corrected chi connectivity index (χ0v) is 21.1. The first-order valence-electron chi connectivity index (χ1n) is 12.4. The summed E-state index contributed by atoms with van der Waals surface area (Å²) in [5.41, 5.74) is 5.93. The van der Waals surface area contributed by atoms with Crippen molar-refractivity contribution in [2.45, 2.75) is 19.3 Å². The number of halogens is 1. The molecular formula is C31H27ClN4O. The highest BCUT2D eigenvalue weighted by atomic mass is 35.5. The first kappa shape index (κ1) is 24.5. The molecule has 1 aromatic heterocycles. The van der Waals surface area contributed by atoms with Crippen molar-refractivity contribution in [3.63, 3.8) is 0 Å². The Morgan fingerprint density at radius 1 is 0.784 bits per heavy atom. The zero-order valence-electron chi connectivity index (χ0n) is 20.3. The van der Waals surface area contributed by atoms with E-state index in [9.17, 15) is 4.79 Å². The minimum absolute atomic E-state index is 0.131. The van der Waals surface area contributed by atoms with Gasteiger partial charge in [0.2, 0.25) is 0 Å². The highest BCUT2D eigenvalue weighted by Crippen LogP contribution is 2.29. The molecule has 4 aromatic carbocycles. The van der Waals surface area contributed by atoms with Crippen molar-refractivity contribution in [2.75, 3.05) is 11.9 Å². The maximum atomic E-state index is 12.3. The fourth-order valence-electron chi connectivity index (χ4n) is 4.30. The number of hydrogen-bond acceptors (Lipinski definition) is 4. The van der Waals surface area contributed by atoms with Gasteiger partial charge in [-0.15, -0.1) is 0 Å². The SMILES string of the molecule is O=C(NCCCCc1cccc(-c2ccc3ncnc(Nc4ccccc4)c3c2)c1)c1ccccc1Cl. The van der Waals surface area contributed by atoms with Crippen molar-refractivity contribution in [1.82, 2.24) is 15.3 Å². The molecule has 6 heteroatoms. The molecule has 0 radical (unpaired) electrons. The van der Waals surface area contributed by atoms with Gasteiger partial charge in [-0.3, -0.25) is 4.79 Å². The van der Waals surface area contributed by atoms with Crippen LogP contribution in [0.2, 0.25) is 5.02 Å². The second-order valence-electron chi connectivity index (χ2n) is 8.84. The van der Waals surface area contributed by atoms with Crippen LogP contribution in [-0.4, -0.2) is 22.4 Å². The van der Waals surface area contributed by atoms with Crippen LogP contribution in [0.15, 0.2) is 103 Å². The quantitative estimate of drug-likeness (QED) is 0.204. The smallest absolute Gasteiger partial charge is 0.252 e. The van der Waals surface area contributed by atoms with E-state index in [1.807, 2.05) is 48.5 Å². The Balaban J connectivity index is 1.23. The summed E-state index contributed by atoms with van der Waals surface area (Å²) in [7, 11) is 0. The molecule has 5 rings (SSSR count). The van der Waals surface area contributed by atoms with Crippen molar-refractivity contribution in [3.8, 4) is 11.1 Å². The van der Waals surface area contributed by atoms with Crippen LogP contribution >= 0.6 is 11.6 Å². The molecule has 0 aliphatic heterocycles. The molecule has 0 atom stereocenters. The van der Waals surface area contributed by atoms with Crippen molar-refractivity contribution in [2.24, 2.45) is 0 Å². The van der Waals surface area contributed by atoms with Crippen LogP contribution in [0.5, 0.6) is 0 Å². The van der Waals surface area contributed by atoms with Gasteiger partial charge in [0, 0.05) is 17.6 Å². The monoisotopic (exact) mass is 506 g/mol. The van der Waals surface area contributed by atoms with Gasteiger partial charge in [-0.25, -0.2) is 9.97 Å². The molecule has 5 aromatic rings. The molecule has 0 aliphatic rings. The molecule has 1 amide bonds. The van der Waals surface area contributed by atoms with Gasteiger partial charge in [-0.2, -0.15) is 0 Å². The number of aromatic nitrogens is 2. The van der Waals surface area contributed by atoms with Crippen LogP contribution in [0, 0.1) is 0 Å². The van der Waals surface area contributed by atoms with E-state index in [1.165, 1.54) is 5.56 Å². The van der Waals surface area contributed by atoms with E-state index in [-0.39, 0.29) is 5.91 Å². The Hall–Kier alpha value is -4.22. The Kier molecular flexibility index (Phi) is 7.72. The van der Waals surface area contributed by atoms with Gasteiger partial charge < -0.3 is 10.6 Å². The molecule has 37 heavy (non-hydrogen) atoms. The van der Waals surface area contributed by atoms with Crippen molar-refractivity contribution in [3.05, 3.63) is 120 Å². The molecule has 2 N–H and O–H groups in total. The number of fused-ring (bicyclic) bond motifs is 1. The molecule has 0 saturated carbocycles. The molecule has 1 heterocycles. The predicted molar refractivity (Wildman–Crippen MR) is 151 cm³/mol. The van der Waals surface area contributed by atoms with E-state index in [0.29, 0.717) is 17.1 Å². The Morgan fingerprint density at radius 3 is 2.46 bits per heavy atom. The van der Waals surface area contributed by atoms with Gasteiger partial charge in [0.15, 0.2) is 0 Å². The fourth-order valence-corrected chi connectivity index (χ4v) is 4.52. The van der Waals surface area contributed by atoms with E-state index >= 15 is 0 Å². The number of nitrogens with zero attached hydrogens (tertiary/aromatic N) is 2. The number of carbonyl (C=O) groups is 1. The average molecular weight is 507 g/mol. The molecule has 0 aliphatic carbocycles. The Morgan fingerprint density at radius 2 is 1.59 bits per heavy atom. The number of para-hydroxylation sites is 1. The Labute approximate surface area is 221 Å². The highest BCUT2D eigenvalue weighted by molar-refractivity contribution is 6.33. The number of carbonyl (C=O) groups excluding carboxylic acids is 1. The van der Waals surface area contributed by atoms with Gasteiger partial charge in [0.25, 0.3) is 5.91 Å². The van der Waals surface area contributed by atoms with Crippen LogP contribution < -0.4 is 10.6 Å². The summed E-state index contributed by atoms with van der Waals surface area (Å²) in [5.74, 6) is 0.655. The van der Waals surface area contributed by atoms with Crippen LogP contribution in [0.1, 0.15) is 28.8 Å². The Bertz CT molecular complexity index is 1520. The topological polar surface area (TPSA) is 66.9 Å². The number of hydrogen-bond donors (Lipinski definition) is 2. The van der Waals surface area contributed by atoms with Crippen LogP contribution in [-0.2, 0) is 6.42 Å². The van der Waals surface area contributed by atoms with E-state index in [0.717, 1.165) is 52.8 Å². The second-order valence-corrected chi connectivity index (χ2v) is 9.25. The lowest BCUT2D eigenvalue weighted by atomic mass is 9.99. The lowest BCUT2D eigenvalue weighted by Crippen LogP contribution is -2.24. The summed E-state index contributed by atoms with van der Waals surface area (Å²) in [4.78, 5) is 21.2. The number of aryl methyl sites for hydroxylation is 1. The summed E-state index contributed by atoms with van der Waals surface area (Å²) in [6, 6.07) is 32.0. The first-order chi connectivity index (χ1) is 18.2. The van der Waals surface area contributed by atoms with Crippen LogP contribution in [0.25, 0.3) is 22.0 Å². The van der Waals surface area contributed by atoms with Gasteiger partial charge in [0.1, 0.15) is 12.1 Å².